The largest absolute Gasteiger partial charge is 0.313 e. The molecule has 104 valence electrons. The Morgan fingerprint density at radius 1 is 1.20 bits per heavy atom. The van der Waals surface area contributed by atoms with E-state index in [1.54, 1.807) is 0 Å². The van der Waals surface area contributed by atoms with Crippen LogP contribution in [0.5, 0.6) is 0 Å². The molecule has 1 aliphatic rings. The van der Waals surface area contributed by atoms with Gasteiger partial charge in [-0.25, -0.2) is 0 Å². The van der Waals surface area contributed by atoms with E-state index in [2.05, 4.69) is 58.9 Å². The highest BCUT2D eigenvalue weighted by Gasteiger charge is 2.19. The maximum absolute atomic E-state index is 4.09. The molecule has 3 nitrogen and oxygen atoms in total. The lowest BCUT2D eigenvalue weighted by molar-refractivity contribution is 0.443. The van der Waals surface area contributed by atoms with Gasteiger partial charge in [-0.3, -0.25) is 4.98 Å². The molecule has 0 fully saturated rings. The summed E-state index contributed by atoms with van der Waals surface area (Å²) in [7, 11) is 0. The minimum Gasteiger partial charge on any atom is -0.313 e. The second-order valence-electron chi connectivity index (χ2n) is 5.39. The van der Waals surface area contributed by atoms with Crippen molar-refractivity contribution in [2.75, 3.05) is 6.54 Å². The first-order valence-corrected chi connectivity index (χ1v) is 7.29. The van der Waals surface area contributed by atoms with Crippen molar-refractivity contribution in [3.05, 3.63) is 65.5 Å². The fourth-order valence-corrected chi connectivity index (χ4v) is 2.88. The van der Waals surface area contributed by atoms with Crippen molar-refractivity contribution in [2.45, 2.75) is 32.0 Å². The summed E-state index contributed by atoms with van der Waals surface area (Å²) in [6.45, 7) is 4.24. The van der Waals surface area contributed by atoms with Crippen LogP contribution in [-0.2, 0) is 6.54 Å². The Bertz CT molecular complexity index is 553. The molecule has 2 unspecified atom stereocenters. The summed E-state index contributed by atoms with van der Waals surface area (Å²) in [5, 5.41) is 7.26. The summed E-state index contributed by atoms with van der Waals surface area (Å²) in [5.74, 6) is 0. The van der Waals surface area contributed by atoms with E-state index >= 15 is 0 Å². The molecule has 2 heterocycles. The molecule has 0 spiro atoms. The molecule has 1 aliphatic heterocycles. The number of nitrogens with zero attached hydrogens (tertiary/aromatic N) is 1. The summed E-state index contributed by atoms with van der Waals surface area (Å²) >= 11 is 0. The molecular formula is C17H21N3. The predicted molar refractivity (Wildman–Crippen MR) is 81.3 cm³/mol. The Labute approximate surface area is 120 Å². The second-order valence-corrected chi connectivity index (χ2v) is 5.39. The maximum Gasteiger partial charge on any atom is 0.0340 e. The van der Waals surface area contributed by atoms with E-state index in [0.29, 0.717) is 12.1 Å². The lowest BCUT2D eigenvalue weighted by Crippen LogP contribution is -2.26. The number of aromatic nitrogens is 1. The Hall–Kier alpha value is -1.71. The van der Waals surface area contributed by atoms with Crippen LogP contribution in [0.25, 0.3) is 0 Å². The third kappa shape index (κ3) is 2.89. The number of pyridine rings is 1. The minimum atomic E-state index is 0.328. The topological polar surface area (TPSA) is 37.0 Å². The fourth-order valence-electron chi connectivity index (χ4n) is 2.88. The number of benzene rings is 1. The standard InChI is InChI=1S/C17H21N3/c1-13(14-6-9-18-10-7-14)20-17-8-11-19-12-15-4-2-3-5-16(15)17/h2-7,9-10,13,17,19-20H,8,11-12H2,1H3. The van der Waals surface area contributed by atoms with Crippen LogP contribution in [0.4, 0.5) is 0 Å². The molecule has 0 amide bonds. The van der Waals surface area contributed by atoms with Gasteiger partial charge in [0.1, 0.15) is 0 Å². The molecule has 0 saturated carbocycles. The third-order valence-electron chi connectivity index (χ3n) is 4.01. The Morgan fingerprint density at radius 2 is 2.00 bits per heavy atom. The summed E-state index contributed by atoms with van der Waals surface area (Å²) < 4.78 is 0. The zero-order chi connectivity index (χ0) is 13.8. The first-order chi connectivity index (χ1) is 9.84. The van der Waals surface area contributed by atoms with Gasteiger partial charge < -0.3 is 10.6 Å². The van der Waals surface area contributed by atoms with Gasteiger partial charge in [-0.1, -0.05) is 24.3 Å². The van der Waals surface area contributed by atoms with E-state index in [-0.39, 0.29) is 0 Å². The second kappa shape index (κ2) is 6.16. The number of hydrogen-bond donors (Lipinski definition) is 2. The summed E-state index contributed by atoms with van der Waals surface area (Å²) in [6.07, 6.45) is 4.83. The first kappa shape index (κ1) is 13.3. The van der Waals surface area contributed by atoms with Crippen LogP contribution in [0.1, 0.15) is 42.1 Å². The zero-order valence-electron chi connectivity index (χ0n) is 11.8. The molecule has 0 saturated heterocycles. The van der Waals surface area contributed by atoms with E-state index < -0.39 is 0 Å². The molecule has 20 heavy (non-hydrogen) atoms. The van der Waals surface area contributed by atoms with Crippen molar-refractivity contribution in [1.29, 1.82) is 0 Å². The average molecular weight is 267 g/mol. The summed E-state index contributed by atoms with van der Waals surface area (Å²) in [4.78, 5) is 4.09. The van der Waals surface area contributed by atoms with E-state index in [9.17, 15) is 0 Å². The zero-order valence-corrected chi connectivity index (χ0v) is 11.8. The van der Waals surface area contributed by atoms with Gasteiger partial charge >= 0.3 is 0 Å². The lowest BCUT2D eigenvalue weighted by atomic mass is 9.98. The molecule has 1 aromatic carbocycles. The van der Waals surface area contributed by atoms with Crippen LogP contribution in [0, 0.1) is 0 Å². The first-order valence-electron chi connectivity index (χ1n) is 7.29. The SMILES string of the molecule is CC(NC1CCNCc2ccccc21)c1ccncc1. The highest BCUT2D eigenvalue weighted by atomic mass is 15.0. The van der Waals surface area contributed by atoms with Crippen LogP contribution < -0.4 is 10.6 Å². The fraction of sp³-hybridized carbons (Fsp3) is 0.353. The van der Waals surface area contributed by atoms with E-state index in [0.717, 1.165) is 19.5 Å². The van der Waals surface area contributed by atoms with Crippen molar-refractivity contribution in [1.82, 2.24) is 15.6 Å². The van der Waals surface area contributed by atoms with Crippen molar-refractivity contribution in [3.8, 4) is 0 Å². The van der Waals surface area contributed by atoms with Crippen LogP contribution in [0.3, 0.4) is 0 Å². The van der Waals surface area contributed by atoms with Gasteiger partial charge in [0, 0.05) is 31.0 Å². The van der Waals surface area contributed by atoms with Crippen molar-refractivity contribution >= 4 is 0 Å². The molecule has 2 N–H and O–H groups in total. The molecule has 3 rings (SSSR count). The summed E-state index contributed by atoms with van der Waals surface area (Å²) in [5.41, 5.74) is 4.12. The Morgan fingerprint density at radius 3 is 2.85 bits per heavy atom. The van der Waals surface area contributed by atoms with Gasteiger partial charge in [0.15, 0.2) is 0 Å². The third-order valence-corrected chi connectivity index (χ3v) is 4.01. The lowest BCUT2D eigenvalue weighted by Gasteiger charge is -2.24. The Balaban J connectivity index is 1.80. The molecule has 2 atom stereocenters. The molecule has 2 aromatic rings. The Kier molecular flexibility index (Phi) is 4.09. The molecule has 0 aliphatic carbocycles. The van der Waals surface area contributed by atoms with Gasteiger partial charge in [0.25, 0.3) is 0 Å². The minimum absolute atomic E-state index is 0.328. The van der Waals surface area contributed by atoms with Crippen LogP contribution in [0.15, 0.2) is 48.8 Å². The maximum atomic E-state index is 4.09. The normalized spacial score (nSPS) is 19.9. The quantitative estimate of drug-likeness (QED) is 0.897. The number of fused-ring (bicyclic) bond motifs is 1. The molecular weight excluding hydrogens is 246 g/mol. The van der Waals surface area contributed by atoms with Gasteiger partial charge in [-0.05, 0) is 48.7 Å². The monoisotopic (exact) mass is 267 g/mol. The van der Waals surface area contributed by atoms with E-state index in [1.807, 2.05) is 12.4 Å². The van der Waals surface area contributed by atoms with Gasteiger partial charge in [0.2, 0.25) is 0 Å². The highest BCUT2D eigenvalue weighted by Crippen LogP contribution is 2.26. The molecule has 0 bridgehead atoms. The molecule has 1 aromatic heterocycles. The average Bonchev–Trinajstić information content (AvgIpc) is 2.71. The highest BCUT2D eigenvalue weighted by molar-refractivity contribution is 5.31. The smallest absolute Gasteiger partial charge is 0.0340 e. The van der Waals surface area contributed by atoms with Crippen molar-refractivity contribution in [3.63, 3.8) is 0 Å². The van der Waals surface area contributed by atoms with Gasteiger partial charge in [0.05, 0.1) is 0 Å². The summed E-state index contributed by atoms with van der Waals surface area (Å²) in [6, 6.07) is 13.6. The number of rotatable bonds is 3. The van der Waals surface area contributed by atoms with Gasteiger partial charge in [-0.2, -0.15) is 0 Å². The predicted octanol–water partition coefficient (Wildman–Crippen LogP) is 2.97. The molecule has 0 radical (unpaired) electrons. The number of hydrogen-bond acceptors (Lipinski definition) is 3. The van der Waals surface area contributed by atoms with Crippen LogP contribution in [0.2, 0.25) is 0 Å². The van der Waals surface area contributed by atoms with Gasteiger partial charge in [-0.15, -0.1) is 0 Å². The van der Waals surface area contributed by atoms with E-state index in [4.69, 9.17) is 0 Å². The number of nitrogens with one attached hydrogen (secondary N) is 2. The van der Waals surface area contributed by atoms with Crippen LogP contribution in [-0.4, -0.2) is 11.5 Å². The van der Waals surface area contributed by atoms with Crippen molar-refractivity contribution < 1.29 is 0 Å². The van der Waals surface area contributed by atoms with Crippen molar-refractivity contribution in [2.24, 2.45) is 0 Å². The molecule has 3 heteroatoms. The van der Waals surface area contributed by atoms with E-state index in [1.165, 1.54) is 16.7 Å². The van der Waals surface area contributed by atoms with Crippen LogP contribution >= 0.6 is 0 Å².